The fourth-order valence-corrected chi connectivity index (χ4v) is 2.40. The van der Waals surface area contributed by atoms with Gasteiger partial charge < -0.3 is 9.47 Å². The van der Waals surface area contributed by atoms with Crippen LogP contribution in [-0.4, -0.2) is 26.2 Å². The van der Waals surface area contributed by atoms with Crippen molar-refractivity contribution >= 4 is 0 Å². The summed E-state index contributed by atoms with van der Waals surface area (Å²) >= 11 is 0. The standard InChI is InChI=1S/C18H20N2O2/c1-20(13-16-7-5-4-6-15(16)11-19)12-14-8-9-17(21-2)18(10-14)22-3/h4-10H,12-13H2,1-3H3. The predicted molar refractivity (Wildman–Crippen MR) is 85.9 cm³/mol. The van der Waals surface area contributed by atoms with E-state index < -0.39 is 0 Å². The zero-order chi connectivity index (χ0) is 15.9. The van der Waals surface area contributed by atoms with Crippen molar-refractivity contribution in [2.45, 2.75) is 13.1 Å². The minimum Gasteiger partial charge on any atom is -0.493 e. The zero-order valence-electron chi connectivity index (χ0n) is 13.2. The molecule has 0 bridgehead atoms. The molecule has 114 valence electrons. The molecule has 0 heterocycles. The second-order valence-corrected chi connectivity index (χ2v) is 5.13. The van der Waals surface area contributed by atoms with E-state index in [0.717, 1.165) is 41.3 Å². The summed E-state index contributed by atoms with van der Waals surface area (Å²) in [6.07, 6.45) is 0. The molecule has 0 aliphatic heterocycles. The highest BCUT2D eigenvalue weighted by molar-refractivity contribution is 5.43. The van der Waals surface area contributed by atoms with Crippen LogP contribution in [0.25, 0.3) is 0 Å². The zero-order valence-corrected chi connectivity index (χ0v) is 13.2. The van der Waals surface area contributed by atoms with Crippen molar-refractivity contribution in [1.82, 2.24) is 4.90 Å². The summed E-state index contributed by atoms with van der Waals surface area (Å²) in [5.41, 5.74) is 2.89. The van der Waals surface area contributed by atoms with Gasteiger partial charge in [0.1, 0.15) is 0 Å². The number of hydrogen-bond donors (Lipinski definition) is 0. The van der Waals surface area contributed by atoms with Crippen LogP contribution in [0.1, 0.15) is 16.7 Å². The van der Waals surface area contributed by atoms with Crippen LogP contribution in [0.15, 0.2) is 42.5 Å². The van der Waals surface area contributed by atoms with Crippen LogP contribution in [0.3, 0.4) is 0 Å². The molecule has 2 aromatic rings. The minimum atomic E-state index is 0.720. The summed E-state index contributed by atoms with van der Waals surface area (Å²) in [6.45, 7) is 1.48. The number of rotatable bonds is 6. The van der Waals surface area contributed by atoms with Gasteiger partial charge in [0, 0.05) is 13.1 Å². The third-order valence-corrected chi connectivity index (χ3v) is 3.48. The summed E-state index contributed by atoms with van der Waals surface area (Å²) < 4.78 is 10.6. The third kappa shape index (κ3) is 3.78. The molecule has 22 heavy (non-hydrogen) atoms. The van der Waals surface area contributed by atoms with E-state index in [-0.39, 0.29) is 0 Å². The Morgan fingerprint density at radius 2 is 1.73 bits per heavy atom. The lowest BCUT2D eigenvalue weighted by Gasteiger charge is -2.18. The highest BCUT2D eigenvalue weighted by Crippen LogP contribution is 2.28. The van der Waals surface area contributed by atoms with E-state index in [1.807, 2.05) is 49.5 Å². The number of ether oxygens (including phenoxy) is 2. The largest absolute Gasteiger partial charge is 0.493 e. The first kappa shape index (κ1) is 15.9. The molecule has 0 fully saturated rings. The van der Waals surface area contributed by atoms with Crippen LogP contribution in [0.2, 0.25) is 0 Å². The van der Waals surface area contributed by atoms with Gasteiger partial charge in [-0.05, 0) is 36.4 Å². The number of hydrogen-bond acceptors (Lipinski definition) is 4. The van der Waals surface area contributed by atoms with Crippen LogP contribution in [-0.2, 0) is 13.1 Å². The monoisotopic (exact) mass is 296 g/mol. The van der Waals surface area contributed by atoms with E-state index >= 15 is 0 Å². The Morgan fingerprint density at radius 1 is 1.00 bits per heavy atom. The summed E-state index contributed by atoms with van der Waals surface area (Å²) in [5.74, 6) is 1.45. The molecule has 4 nitrogen and oxygen atoms in total. The first-order chi connectivity index (χ1) is 10.7. The van der Waals surface area contributed by atoms with Gasteiger partial charge in [0.25, 0.3) is 0 Å². The molecule has 2 rings (SSSR count). The highest BCUT2D eigenvalue weighted by atomic mass is 16.5. The molecule has 0 saturated carbocycles. The second kappa shape index (κ2) is 7.48. The first-order valence-electron chi connectivity index (χ1n) is 7.05. The van der Waals surface area contributed by atoms with Crippen LogP contribution < -0.4 is 9.47 Å². The molecule has 0 aliphatic carbocycles. The lowest BCUT2D eigenvalue weighted by molar-refractivity contribution is 0.316. The molecule has 0 atom stereocenters. The predicted octanol–water partition coefficient (Wildman–Crippen LogP) is 3.21. The molecule has 0 spiro atoms. The Morgan fingerprint density at radius 3 is 2.41 bits per heavy atom. The normalized spacial score (nSPS) is 10.3. The van der Waals surface area contributed by atoms with Gasteiger partial charge in [-0.3, -0.25) is 4.90 Å². The van der Waals surface area contributed by atoms with Crippen molar-refractivity contribution < 1.29 is 9.47 Å². The lowest BCUT2D eigenvalue weighted by atomic mass is 10.1. The van der Waals surface area contributed by atoms with Gasteiger partial charge in [0.15, 0.2) is 11.5 Å². The molecular formula is C18H20N2O2. The maximum Gasteiger partial charge on any atom is 0.161 e. The van der Waals surface area contributed by atoms with Gasteiger partial charge in [0.05, 0.1) is 25.9 Å². The first-order valence-corrected chi connectivity index (χ1v) is 7.05. The fourth-order valence-electron chi connectivity index (χ4n) is 2.40. The van der Waals surface area contributed by atoms with E-state index in [2.05, 4.69) is 11.0 Å². The minimum absolute atomic E-state index is 0.720. The van der Waals surface area contributed by atoms with Crippen LogP contribution in [0.4, 0.5) is 0 Å². The molecule has 0 saturated heterocycles. The molecule has 0 N–H and O–H groups in total. The van der Waals surface area contributed by atoms with Gasteiger partial charge in [-0.15, -0.1) is 0 Å². The summed E-state index contributed by atoms with van der Waals surface area (Å²) in [6, 6.07) is 15.8. The Labute approximate surface area is 131 Å². The van der Waals surface area contributed by atoms with E-state index in [0.29, 0.717) is 0 Å². The Kier molecular flexibility index (Phi) is 5.40. The maximum absolute atomic E-state index is 9.15. The van der Waals surface area contributed by atoms with Crippen molar-refractivity contribution in [2.24, 2.45) is 0 Å². The number of nitrogens with zero attached hydrogens (tertiary/aromatic N) is 2. The van der Waals surface area contributed by atoms with Crippen molar-refractivity contribution in [3.8, 4) is 17.6 Å². The van der Waals surface area contributed by atoms with Crippen LogP contribution >= 0.6 is 0 Å². The molecule has 0 radical (unpaired) electrons. The smallest absolute Gasteiger partial charge is 0.161 e. The van der Waals surface area contributed by atoms with Crippen molar-refractivity contribution in [2.75, 3.05) is 21.3 Å². The molecule has 0 amide bonds. The second-order valence-electron chi connectivity index (χ2n) is 5.13. The van der Waals surface area contributed by atoms with Crippen molar-refractivity contribution in [1.29, 1.82) is 5.26 Å². The van der Waals surface area contributed by atoms with Gasteiger partial charge in [-0.1, -0.05) is 24.3 Å². The summed E-state index contributed by atoms with van der Waals surface area (Å²) in [5, 5.41) is 9.15. The maximum atomic E-state index is 9.15. The molecule has 0 aromatic heterocycles. The average Bonchev–Trinajstić information content (AvgIpc) is 2.55. The van der Waals surface area contributed by atoms with Gasteiger partial charge >= 0.3 is 0 Å². The fraction of sp³-hybridized carbons (Fsp3) is 0.278. The third-order valence-electron chi connectivity index (χ3n) is 3.48. The summed E-state index contributed by atoms with van der Waals surface area (Å²) in [4.78, 5) is 2.16. The molecule has 2 aromatic carbocycles. The molecule has 4 heteroatoms. The molecule has 0 unspecified atom stereocenters. The van der Waals surface area contributed by atoms with E-state index in [9.17, 15) is 0 Å². The van der Waals surface area contributed by atoms with Crippen LogP contribution in [0.5, 0.6) is 11.5 Å². The van der Waals surface area contributed by atoms with E-state index in [4.69, 9.17) is 14.7 Å². The van der Waals surface area contributed by atoms with Gasteiger partial charge in [-0.25, -0.2) is 0 Å². The average molecular weight is 296 g/mol. The highest BCUT2D eigenvalue weighted by Gasteiger charge is 2.08. The van der Waals surface area contributed by atoms with Crippen molar-refractivity contribution in [3.63, 3.8) is 0 Å². The van der Waals surface area contributed by atoms with Crippen molar-refractivity contribution in [3.05, 3.63) is 59.2 Å². The quantitative estimate of drug-likeness (QED) is 0.821. The van der Waals surface area contributed by atoms with E-state index in [1.165, 1.54) is 0 Å². The van der Waals surface area contributed by atoms with Crippen LogP contribution in [0, 0.1) is 11.3 Å². The lowest BCUT2D eigenvalue weighted by Crippen LogP contribution is -2.18. The van der Waals surface area contributed by atoms with Gasteiger partial charge in [0.2, 0.25) is 0 Å². The number of nitriles is 1. The Bertz CT molecular complexity index is 677. The topological polar surface area (TPSA) is 45.5 Å². The number of benzene rings is 2. The SMILES string of the molecule is COc1ccc(CN(C)Cc2ccccc2C#N)cc1OC. The number of methoxy groups -OCH3 is 2. The summed E-state index contributed by atoms with van der Waals surface area (Å²) in [7, 11) is 5.29. The van der Waals surface area contributed by atoms with Gasteiger partial charge in [-0.2, -0.15) is 5.26 Å². The molecular weight excluding hydrogens is 276 g/mol. The Balaban J connectivity index is 2.09. The van der Waals surface area contributed by atoms with E-state index in [1.54, 1.807) is 14.2 Å². The Hall–Kier alpha value is -2.51. The molecule has 0 aliphatic rings.